The van der Waals surface area contributed by atoms with Gasteiger partial charge in [-0.05, 0) is 40.7 Å². The van der Waals surface area contributed by atoms with Crippen molar-refractivity contribution in [2.24, 2.45) is 0 Å². The molecule has 0 fully saturated rings. The fourth-order valence-corrected chi connectivity index (χ4v) is 2.74. The van der Waals surface area contributed by atoms with Crippen LogP contribution in [0.3, 0.4) is 0 Å². The number of amides is 1. The summed E-state index contributed by atoms with van der Waals surface area (Å²) in [5.41, 5.74) is 3.76. The van der Waals surface area contributed by atoms with Crippen LogP contribution in [0.2, 0.25) is 0 Å². The highest BCUT2D eigenvalue weighted by molar-refractivity contribution is 5.94. The Hall–Kier alpha value is -2.49. The summed E-state index contributed by atoms with van der Waals surface area (Å²) in [6.07, 6.45) is 0.137. The summed E-state index contributed by atoms with van der Waals surface area (Å²) in [4.78, 5) is 12.5. The van der Waals surface area contributed by atoms with Crippen LogP contribution in [0.25, 0.3) is 0 Å². The number of nitrogens with one attached hydrogen (secondary N) is 1. The minimum atomic E-state index is -0.217. The second-order valence-corrected chi connectivity index (χ2v) is 6.67. The van der Waals surface area contributed by atoms with Gasteiger partial charge in [-0.3, -0.25) is 4.79 Å². The zero-order valence-electron chi connectivity index (χ0n) is 14.6. The topological polar surface area (TPSA) is 69.6 Å². The molecule has 0 aromatic heterocycles. The van der Waals surface area contributed by atoms with Crippen LogP contribution < -0.4 is 5.32 Å². The van der Waals surface area contributed by atoms with Crippen molar-refractivity contribution in [3.05, 3.63) is 53.1 Å². The lowest BCUT2D eigenvalue weighted by Gasteiger charge is -2.20. The smallest absolute Gasteiger partial charge is 0.228 e. The molecule has 0 saturated carbocycles. The number of rotatable bonds is 5. The molecule has 128 valence electrons. The number of phenolic OH excluding ortho intramolecular Hbond substituents is 2. The molecule has 24 heavy (non-hydrogen) atoms. The molecule has 2 rings (SSSR count). The fourth-order valence-electron chi connectivity index (χ4n) is 2.74. The molecule has 2 aromatic rings. The molecule has 0 heterocycles. The third-order valence-corrected chi connectivity index (χ3v) is 4.04. The zero-order chi connectivity index (χ0) is 17.9. The number of phenols is 2. The number of hydrogen-bond donors (Lipinski definition) is 3. The van der Waals surface area contributed by atoms with Gasteiger partial charge in [0, 0.05) is 5.69 Å². The maximum absolute atomic E-state index is 12.5. The first-order valence-corrected chi connectivity index (χ1v) is 8.23. The predicted molar refractivity (Wildman–Crippen MR) is 96.7 cm³/mol. The van der Waals surface area contributed by atoms with Gasteiger partial charge < -0.3 is 15.5 Å². The van der Waals surface area contributed by atoms with E-state index >= 15 is 0 Å². The molecule has 0 aliphatic carbocycles. The summed E-state index contributed by atoms with van der Waals surface area (Å²) in [6, 6.07) is 10.5. The average Bonchev–Trinajstić information content (AvgIpc) is 2.50. The van der Waals surface area contributed by atoms with E-state index in [9.17, 15) is 15.0 Å². The van der Waals surface area contributed by atoms with Gasteiger partial charge in [-0.2, -0.15) is 0 Å². The fraction of sp³-hybridized carbons (Fsp3) is 0.350. The molecule has 0 atom stereocenters. The van der Waals surface area contributed by atoms with Gasteiger partial charge in [-0.1, -0.05) is 52.0 Å². The zero-order valence-corrected chi connectivity index (χ0v) is 14.6. The van der Waals surface area contributed by atoms with E-state index < -0.39 is 0 Å². The maximum Gasteiger partial charge on any atom is 0.228 e. The average molecular weight is 327 g/mol. The Balaban J connectivity index is 2.26. The van der Waals surface area contributed by atoms with Gasteiger partial charge >= 0.3 is 0 Å². The minimum absolute atomic E-state index is 0.137. The Morgan fingerprint density at radius 3 is 2.04 bits per heavy atom. The Labute approximate surface area is 143 Å². The summed E-state index contributed by atoms with van der Waals surface area (Å²) >= 11 is 0. The van der Waals surface area contributed by atoms with Crippen molar-refractivity contribution >= 4 is 11.6 Å². The Morgan fingerprint density at radius 2 is 1.54 bits per heavy atom. The number of carbonyl (C=O) groups excluding carboxylic acids is 1. The van der Waals surface area contributed by atoms with Gasteiger partial charge in [0.25, 0.3) is 0 Å². The molecular formula is C20H25NO3. The van der Waals surface area contributed by atoms with Crippen LogP contribution in [0.4, 0.5) is 5.69 Å². The van der Waals surface area contributed by atoms with Gasteiger partial charge in [0.1, 0.15) is 0 Å². The molecule has 4 heteroatoms. The van der Waals surface area contributed by atoms with Crippen LogP contribution in [0.1, 0.15) is 56.2 Å². The van der Waals surface area contributed by atoms with Crippen molar-refractivity contribution in [2.45, 2.75) is 46.0 Å². The molecule has 3 N–H and O–H groups in total. The van der Waals surface area contributed by atoms with Crippen molar-refractivity contribution in [2.75, 3.05) is 5.32 Å². The number of para-hydroxylation sites is 1. The molecule has 0 radical (unpaired) electrons. The van der Waals surface area contributed by atoms with Crippen LogP contribution in [0, 0.1) is 0 Å². The largest absolute Gasteiger partial charge is 0.504 e. The summed E-state index contributed by atoms with van der Waals surface area (Å²) in [6.45, 7) is 8.42. The van der Waals surface area contributed by atoms with E-state index in [4.69, 9.17) is 0 Å². The first-order chi connectivity index (χ1) is 11.3. The normalized spacial score (nSPS) is 11.1. The maximum atomic E-state index is 12.5. The first-order valence-electron chi connectivity index (χ1n) is 8.23. The second kappa shape index (κ2) is 7.39. The molecular weight excluding hydrogens is 302 g/mol. The summed E-state index contributed by atoms with van der Waals surface area (Å²) < 4.78 is 0. The monoisotopic (exact) mass is 327 g/mol. The van der Waals surface area contributed by atoms with Gasteiger partial charge in [-0.15, -0.1) is 0 Å². The molecule has 0 spiro atoms. The number of hydrogen-bond acceptors (Lipinski definition) is 3. The highest BCUT2D eigenvalue weighted by Crippen LogP contribution is 2.32. The summed E-state index contributed by atoms with van der Waals surface area (Å²) in [5, 5.41) is 22.0. The van der Waals surface area contributed by atoms with Crippen LogP contribution >= 0.6 is 0 Å². The van der Waals surface area contributed by atoms with E-state index in [-0.39, 0.29) is 23.8 Å². The van der Waals surface area contributed by atoms with Crippen LogP contribution in [0.5, 0.6) is 11.5 Å². The summed E-state index contributed by atoms with van der Waals surface area (Å²) in [7, 11) is 0. The molecule has 0 bridgehead atoms. The lowest BCUT2D eigenvalue weighted by atomic mass is 9.92. The molecule has 2 aromatic carbocycles. The van der Waals surface area contributed by atoms with Crippen molar-refractivity contribution in [1.82, 2.24) is 0 Å². The van der Waals surface area contributed by atoms with Gasteiger partial charge in [0.15, 0.2) is 11.5 Å². The molecule has 4 nitrogen and oxygen atoms in total. The Kier molecular flexibility index (Phi) is 5.50. The number of aromatic hydroxyl groups is 2. The first kappa shape index (κ1) is 17.9. The third kappa shape index (κ3) is 4.07. The quantitative estimate of drug-likeness (QED) is 0.707. The molecule has 0 aliphatic rings. The van der Waals surface area contributed by atoms with E-state index in [1.165, 1.54) is 12.1 Å². The second-order valence-electron chi connectivity index (χ2n) is 6.67. The van der Waals surface area contributed by atoms with Gasteiger partial charge in [0.2, 0.25) is 5.91 Å². The van der Waals surface area contributed by atoms with Gasteiger partial charge in [-0.25, -0.2) is 0 Å². The Bertz CT molecular complexity index is 709. The lowest BCUT2D eigenvalue weighted by molar-refractivity contribution is -0.115. The van der Waals surface area contributed by atoms with Crippen LogP contribution in [0.15, 0.2) is 36.4 Å². The van der Waals surface area contributed by atoms with Crippen molar-refractivity contribution in [1.29, 1.82) is 0 Å². The Morgan fingerprint density at radius 1 is 0.958 bits per heavy atom. The van der Waals surface area contributed by atoms with Gasteiger partial charge in [0.05, 0.1) is 6.42 Å². The minimum Gasteiger partial charge on any atom is -0.504 e. The molecule has 0 aliphatic heterocycles. The van der Waals surface area contributed by atoms with Crippen molar-refractivity contribution in [3.63, 3.8) is 0 Å². The number of benzene rings is 2. The molecule has 1 amide bonds. The van der Waals surface area contributed by atoms with E-state index in [0.29, 0.717) is 17.4 Å². The number of anilines is 1. The van der Waals surface area contributed by atoms with Crippen LogP contribution in [-0.4, -0.2) is 16.1 Å². The highest BCUT2D eigenvalue weighted by atomic mass is 16.3. The van der Waals surface area contributed by atoms with E-state index in [1.807, 2.05) is 18.2 Å². The predicted octanol–water partition coefficient (Wildman–Crippen LogP) is 4.53. The van der Waals surface area contributed by atoms with Crippen LogP contribution in [-0.2, 0) is 11.2 Å². The van der Waals surface area contributed by atoms with E-state index in [1.54, 1.807) is 6.07 Å². The van der Waals surface area contributed by atoms with Crippen molar-refractivity contribution < 1.29 is 15.0 Å². The number of carbonyl (C=O) groups is 1. The molecule has 0 unspecified atom stereocenters. The van der Waals surface area contributed by atoms with E-state index in [0.717, 1.165) is 16.8 Å². The highest BCUT2D eigenvalue weighted by Gasteiger charge is 2.16. The molecule has 0 saturated heterocycles. The lowest BCUT2D eigenvalue weighted by Crippen LogP contribution is -2.17. The third-order valence-electron chi connectivity index (χ3n) is 4.04. The SMILES string of the molecule is CC(C)c1cccc(C(C)C)c1NC(=O)Cc1ccc(O)c(O)c1. The van der Waals surface area contributed by atoms with Crippen molar-refractivity contribution in [3.8, 4) is 11.5 Å². The standard InChI is InChI=1S/C20H25NO3/c1-12(2)15-6-5-7-16(13(3)4)20(15)21-19(24)11-14-8-9-17(22)18(23)10-14/h5-10,12-13,22-23H,11H2,1-4H3,(H,21,24). The summed E-state index contributed by atoms with van der Waals surface area (Å²) in [5.74, 6) is 0.0562. The van der Waals surface area contributed by atoms with E-state index in [2.05, 4.69) is 33.0 Å².